The summed E-state index contributed by atoms with van der Waals surface area (Å²) < 4.78 is 1.68. The fourth-order valence-electron chi connectivity index (χ4n) is 1.66. The van der Waals surface area contributed by atoms with Crippen LogP contribution in [0.1, 0.15) is 12.7 Å². The van der Waals surface area contributed by atoms with Gasteiger partial charge in [0.25, 0.3) is 5.69 Å². The molecule has 1 aromatic carbocycles. The molecule has 0 fully saturated rings. The normalized spacial score (nSPS) is 10.5. The lowest BCUT2D eigenvalue weighted by Gasteiger charge is -2.07. The van der Waals surface area contributed by atoms with E-state index in [4.69, 9.17) is 11.6 Å². The molecule has 0 bridgehead atoms. The summed E-state index contributed by atoms with van der Waals surface area (Å²) >= 11 is 5.88. The van der Waals surface area contributed by atoms with Crippen LogP contribution in [-0.2, 0) is 6.42 Å². The van der Waals surface area contributed by atoms with E-state index in [0.29, 0.717) is 17.1 Å². The van der Waals surface area contributed by atoms with Crippen LogP contribution in [0.2, 0.25) is 5.02 Å². The van der Waals surface area contributed by atoms with Crippen molar-refractivity contribution in [3.05, 3.63) is 51.6 Å². The maximum Gasteiger partial charge on any atom is 0.293 e. The van der Waals surface area contributed by atoms with Crippen LogP contribution in [0.25, 0.3) is 5.69 Å². The second-order valence-corrected chi connectivity index (χ2v) is 3.89. The first-order valence-corrected chi connectivity index (χ1v) is 5.47. The summed E-state index contributed by atoms with van der Waals surface area (Å²) in [6.45, 7) is 1.94. The van der Waals surface area contributed by atoms with Gasteiger partial charge in [-0.2, -0.15) is 0 Å². The summed E-state index contributed by atoms with van der Waals surface area (Å²) in [4.78, 5) is 14.7. The first kappa shape index (κ1) is 11.6. The number of benzene rings is 1. The standard InChI is InChI=1S/C11H10ClN3O2/c1-2-11-13-5-6-14(11)10-7-8(12)3-4-9(10)15(16)17/h3-7H,2H2,1H3. The Morgan fingerprint density at radius 2 is 2.29 bits per heavy atom. The third-order valence-electron chi connectivity index (χ3n) is 2.43. The molecule has 0 N–H and O–H groups in total. The molecular formula is C11H10ClN3O2. The van der Waals surface area contributed by atoms with Gasteiger partial charge in [0.1, 0.15) is 11.5 Å². The molecule has 0 unspecified atom stereocenters. The highest BCUT2D eigenvalue weighted by atomic mass is 35.5. The van der Waals surface area contributed by atoms with Crippen molar-refractivity contribution in [3.8, 4) is 5.69 Å². The molecule has 0 atom stereocenters. The molecular weight excluding hydrogens is 242 g/mol. The number of hydrogen-bond donors (Lipinski definition) is 0. The van der Waals surface area contributed by atoms with Crippen molar-refractivity contribution in [1.29, 1.82) is 0 Å². The van der Waals surface area contributed by atoms with E-state index in [9.17, 15) is 10.1 Å². The lowest BCUT2D eigenvalue weighted by molar-refractivity contribution is -0.384. The minimum atomic E-state index is -0.425. The second-order valence-electron chi connectivity index (χ2n) is 3.46. The molecule has 2 rings (SSSR count). The van der Waals surface area contributed by atoms with Crippen molar-refractivity contribution in [2.75, 3.05) is 0 Å². The first-order valence-electron chi connectivity index (χ1n) is 5.10. The number of halogens is 1. The van der Waals surface area contributed by atoms with Gasteiger partial charge in [-0.25, -0.2) is 4.98 Å². The van der Waals surface area contributed by atoms with E-state index in [-0.39, 0.29) is 5.69 Å². The largest absolute Gasteiger partial charge is 0.298 e. The zero-order valence-electron chi connectivity index (χ0n) is 9.13. The van der Waals surface area contributed by atoms with E-state index in [0.717, 1.165) is 5.82 Å². The molecule has 0 aliphatic rings. The molecule has 17 heavy (non-hydrogen) atoms. The average molecular weight is 252 g/mol. The predicted molar refractivity (Wildman–Crippen MR) is 64.6 cm³/mol. The van der Waals surface area contributed by atoms with Gasteiger partial charge in [0.2, 0.25) is 0 Å². The molecule has 0 radical (unpaired) electrons. The van der Waals surface area contributed by atoms with E-state index in [1.807, 2.05) is 6.92 Å². The van der Waals surface area contributed by atoms with Gasteiger partial charge in [0.05, 0.1) is 4.92 Å². The van der Waals surface area contributed by atoms with Crippen LogP contribution < -0.4 is 0 Å². The second kappa shape index (κ2) is 4.55. The molecule has 6 heteroatoms. The molecule has 0 aliphatic heterocycles. The van der Waals surface area contributed by atoms with Crippen molar-refractivity contribution in [2.24, 2.45) is 0 Å². The summed E-state index contributed by atoms with van der Waals surface area (Å²) in [5, 5.41) is 11.4. The number of nitrogens with zero attached hydrogens (tertiary/aromatic N) is 3. The number of rotatable bonds is 3. The molecule has 1 heterocycles. The van der Waals surface area contributed by atoms with Crippen LogP contribution in [0.3, 0.4) is 0 Å². The van der Waals surface area contributed by atoms with Gasteiger partial charge in [-0.05, 0) is 12.1 Å². The van der Waals surface area contributed by atoms with Crippen LogP contribution >= 0.6 is 11.6 Å². The SMILES string of the molecule is CCc1nccn1-c1cc(Cl)ccc1[N+](=O)[O-]. The summed E-state index contributed by atoms with van der Waals surface area (Å²) in [7, 11) is 0. The Kier molecular flexibility index (Phi) is 3.10. The Morgan fingerprint density at radius 3 is 2.94 bits per heavy atom. The van der Waals surface area contributed by atoms with Gasteiger partial charge in [0, 0.05) is 29.9 Å². The zero-order chi connectivity index (χ0) is 12.4. The van der Waals surface area contributed by atoms with Gasteiger partial charge in [0.15, 0.2) is 0 Å². The predicted octanol–water partition coefficient (Wildman–Crippen LogP) is 3.00. The van der Waals surface area contributed by atoms with Gasteiger partial charge in [-0.1, -0.05) is 18.5 Å². The number of hydrogen-bond acceptors (Lipinski definition) is 3. The summed E-state index contributed by atoms with van der Waals surface area (Å²) in [5.74, 6) is 0.760. The average Bonchev–Trinajstić information content (AvgIpc) is 2.76. The Hall–Kier alpha value is -1.88. The van der Waals surface area contributed by atoms with Gasteiger partial charge < -0.3 is 0 Å². The summed E-state index contributed by atoms with van der Waals surface area (Å²) in [6.07, 6.45) is 4.00. The lowest BCUT2D eigenvalue weighted by atomic mass is 10.2. The molecule has 88 valence electrons. The quantitative estimate of drug-likeness (QED) is 0.622. The van der Waals surface area contributed by atoms with E-state index in [1.54, 1.807) is 23.0 Å². The van der Waals surface area contributed by atoms with E-state index in [1.165, 1.54) is 12.1 Å². The fraction of sp³-hybridized carbons (Fsp3) is 0.182. The number of nitro groups is 1. The van der Waals surface area contributed by atoms with Crippen LogP contribution in [0.15, 0.2) is 30.6 Å². The Morgan fingerprint density at radius 1 is 1.53 bits per heavy atom. The monoisotopic (exact) mass is 251 g/mol. The van der Waals surface area contributed by atoms with Gasteiger partial charge in [-0.15, -0.1) is 0 Å². The topological polar surface area (TPSA) is 61.0 Å². The van der Waals surface area contributed by atoms with Crippen LogP contribution in [0.4, 0.5) is 5.69 Å². The van der Waals surface area contributed by atoms with Crippen LogP contribution in [0, 0.1) is 10.1 Å². The number of aryl methyl sites for hydroxylation is 1. The summed E-state index contributed by atoms with van der Waals surface area (Å²) in [6, 6.07) is 4.48. The van der Waals surface area contributed by atoms with E-state index >= 15 is 0 Å². The molecule has 0 aliphatic carbocycles. The Labute approximate surface area is 103 Å². The molecule has 0 spiro atoms. The first-order chi connectivity index (χ1) is 8.13. The molecule has 0 saturated carbocycles. The minimum Gasteiger partial charge on any atom is -0.298 e. The Balaban J connectivity index is 2.65. The fourth-order valence-corrected chi connectivity index (χ4v) is 1.83. The van der Waals surface area contributed by atoms with Gasteiger partial charge >= 0.3 is 0 Å². The van der Waals surface area contributed by atoms with Crippen molar-refractivity contribution in [2.45, 2.75) is 13.3 Å². The summed E-state index contributed by atoms with van der Waals surface area (Å²) in [5.41, 5.74) is 0.457. The number of imidazole rings is 1. The smallest absolute Gasteiger partial charge is 0.293 e. The zero-order valence-corrected chi connectivity index (χ0v) is 9.89. The van der Waals surface area contributed by atoms with Crippen LogP contribution in [-0.4, -0.2) is 14.5 Å². The van der Waals surface area contributed by atoms with Gasteiger partial charge in [-0.3, -0.25) is 14.7 Å². The Bertz CT molecular complexity index is 566. The highest BCUT2D eigenvalue weighted by Gasteiger charge is 2.17. The highest BCUT2D eigenvalue weighted by Crippen LogP contribution is 2.27. The van der Waals surface area contributed by atoms with Crippen molar-refractivity contribution < 1.29 is 4.92 Å². The van der Waals surface area contributed by atoms with Crippen LogP contribution in [0.5, 0.6) is 0 Å². The number of nitro benzene ring substituents is 1. The maximum absolute atomic E-state index is 11.0. The van der Waals surface area contributed by atoms with E-state index < -0.39 is 4.92 Å². The molecule has 0 saturated heterocycles. The third kappa shape index (κ3) is 2.14. The number of aromatic nitrogens is 2. The third-order valence-corrected chi connectivity index (χ3v) is 2.66. The maximum atomic E-state index is 11.0. The molecule has 5 nitrogen and oxygen atoms in total. The van der Waals surface area contributed by atoms with Crippen molar-refractivity contribution in [1.82, 2.24) is 9.55 Å². The molecule has 0 amide bonds. The highest BCUT2D eigenvalue weighted by molar-refractivity contribution is 6.30. The molecule has 2 aromatic rings. The van der Waals surface area contributed by atoms with E-state index in [2.05, 4.69) is 4.98 Å². The molecule has 1 aromatic heterocycles. The minimum absolute atomic E-state index is 0.0158. The van der Waals surface area contributed by atoms with Crippen molar-refractivity contribution >= 4 is 17.3 Å². The lowest BCUT2D eigenvalue weighted by Crippen LogP contribution is -2.03. The van der Waals surface area contributed by atoms with Crippen molar-refractivity contribution in [3.63, 3.8) is 0 Å².